The number of carboxylic acid groups (broad SMARTS) is 1. The Hall–Kier alpha value is -4.42. The fraction of sp³-hybridized carbons (Fsp3) is 0.574. The molecule has 312 valence electrons. The molecule has 12 heteroatoms. The topological polar surface area (TPSA) is 131 Å². The summed E-state index contributed by atoms with van der Waals surface area (Å²) in [6, 6.07) is 11.9. The van der Waals surface area contributed by atoms with Crippen LogP contribution >= 0.6 is 11.3 Å². The summed E-state index contributed by atoms with van der Waals surface area (Å²) >= 11 is 1.58. The van der Waals surface area contributed by atoms with Gasteiger partial charge in [-0.2, -0.15) is 5.10 Å². The Balaban J connectivity index is 0.940. The molecule has 1 aromatic carbocycles. The Morgan fingerprint density at radius 2 is 1.76 bits per heavy atom. The zero-order valence-corrected chi connectivity index (χ0v) is 36.6. The van der Waals surface area contributed by atoms with Crippen LogP contribution in [0.25, 0.3) is 21.3 Å². The van der Waals surface area contributed by atoms with Crippen molar-refractivity contribution >= 4 is 50.1 Å². The lowest BCUT2D eigenvalue weighted by molar-refractivity contribution is -0.248. The minimum Gasteiger partial charge on any atom is -0.476 e. The fourth-order valence-electron chi connectivity index (χ4n) is 12.5. The molecule has 4 fully saturated rings. The standard InChI is InChI=1S/C47H60N8O3S/c1-7-30(2)14-9-8-12-21-58-47-26-44(5)23-45(6,27-47)25-46(24-44,28-47)29-55-32(4)35(22-48-55)34-18-19-38(50-39(34)42(56)57)54-20-13-15-33-31(3)40(52-53-41(33)54)51-43-49-36-16-10-11-17-37(36)59-43/h10-11,16-19,22,30H,7-9,12-15,20-21,23-29H2,1-6H3,(H,56,57)(H,49,51,52)/t30-,44?,45?,46?,47?/m0/s1. The van der Waals surface area contributed by atoms with Gasteiger partial charge >= 0.3 is 5.97 Å². The number of nitrogens with zero attached hydrogens (tertiary/aromatic N) is 7. The number of para-hydroxylation sites is 1. The Morgan fingerprint density at radius 1 is 0.966 bits per heavy atom. The van der Waals surface area contributed by atoms with Crippen molar-refractivity contribution in [1.29, 1.82) is 0 Å². The van der Waals surface area contributed by atoms with Crippen LogP contribution in [0.1, 0.15) is 132 Å². The second-order valence-corrected chi connectivity index (χ2v) is 20.6. The second kappa shape index (κ2) is 15.2. The number of rotatable bonds is 15. The molecule has 4 aliphatic carbocycles. The van der Waals surface area contributed by atoms with E-state index in [2.05, 4.69) is 67.8 Å². The summed E-state index contributed by atoms with van der Waals surface area (Å²) in [5.74, 6) is 1.68. The smallest absolute Gasteiger partial charge is 0.355 e. The summed E-state index contributed by atoms with van der Waals surface area (Å²) in [5.41, 5.74) is 5.93. The first-order chi connectivity index (χ1) is 28.3. The first kappa shape index (κ1) is 40.0. The third-order valence-corrected chi connectivity index (χ3v) is 15.2. The van der Waals surface area contributed by atoms with E-state index in [1.165, 1.54) is 44.9 Å². The summed E-state index contributed by atoms with van der Waals surface area (Å²) in [6.45, 7) is 16.1. The van der Waals surface area contributed by atoms with E-state index in [4.69, 9.17) is 19.8 Å². The van der Waals surface area contributed by atoms with Gasteiger partial charge in [0.05, 0.1) is 22.0 Å². The van der Waals surface area contributed by atoms with Crippen molar-refractivity contribution in [2.24, 2.45) is 22.2 Å². The highest BCUT2D eigenvalue weighted by Crippen LogP contribution is 2.72. The van der Waals surface area contributed by atoms with Gasteiger partial charge in [0, 0.05) is 47.6 Å². The molecule has 0 amide bonds. The van der Waals surface area contributed by atoms with Gasteiger partial charge in [-0.05, 0) is 118 Å². The zero-order valence-electron chi connectivity index (χ0n) is 35.7. The highest BCUT2D eigenvalue weighted by molar-refractivity contribution is 7.22. The largest absolute Gasteiger partial charge is 0.476 e. The van der Waals surface area contributed by atoms with Gasteiger partial charge in [0.1, 0.15) is 5.82 Å². The van der Waals surface area contributed by atoms with Crippen LogP contribution < -0.4 is 10.2 Å². The lowest BCUT2D eigenvalue weighted by Gasteiger charge is -2.69. The molecule has 2 N–H and O–H groups in total. The highest BCUT2D eigenvalue weighted by Gasteiger charge is 2.66. The third kappa shape index (κ3) is 7.64. The maximum Gasteiger partial charge on any atom is 0.355 e. The molecule has 0 saturated heterocycles. The number of pyridine rings is 1. The average molecular weight is 817 g/mol. The first-order valence-electron chi connectivity index (χ1n) is 22.0. The van der Waals surface area contributed by atoms with Crippen molar-refractivity contribution in [2.45, 2.75) is 137 Å². The summed E-state index contributed by atoms with van der Waals surface area (Å²) in [6.07, 6.45) is 16.8. The quantitative estimate of drug-likeness (QED) is 0.0984. The molecule has 11 nitrogen and oxygen atoms in total. The number of unbranched alkanes of at least 4 members (excludes halogenated alkanes) is 2. The van der Waals surface area contributed by atoms with Gasteiger partial charge in [0.25, 0.3) is 0 Å². The molecule has 4 bridgehead atoms. The van der Waals surface area contributed by atoms with Gasteiger partial charge < -0.3 is 20.1 Å². The summed E-state index contributed by atoms with van der Waals surface area (Å²) in [5, 5.41) is 29.0. The van der Waals surface area contributed by atoms with Crippen LogP contribution in [0, 0.1) is 36.0 Å². The van der Waals surface area contributed by atoms with Gasteiger partial charge in [-0.25, -0.2) is 14.8 Å². The van der Waals surface area contributed by atoms with Gasteiger partial charge in [-0.15, -0.1) is 10.2 Å². The molecule has 4 saturated carbocycles. The molecular weight excluding hydrogens is 757 g/mol. The van der Waals surface area contributed by atoms with Gasteiger partial charge in [-0.3, -0.25) is 4.68 Å². The maximum absolute atomic E-state index is 13.0. The van der Waals surface area contributed by atoms with Crippen molar-refractivity contribution in [3.63, 3.8) is 0 Å². The van der Waals surface area contributed by atoms with Gasteiger partial charge in [-0.1, -0.05) is 76.8 Å². The van der Waals surface area contributed by atoms with E-state index < -0.39 is 5.97 Å². The first-order valence-corrected chi connectivity index (χ1v) is 22.8. The number of benzene rings is 1. The molecule has 5 aromatic rings. The Kier molecular flexibility index (Phi) is 10.3. The monoisotopic (exact) mass is 816 g/mol. The van der Waals surface area contributed by atoms with Crippen molar-refractivity contribution < 1.29 is 14.6 Å². The predicted octanol–water partition coefficient (Wildman–Crippen LogP) is 11.2. The summed E-state index contributed by atoms with van der Waals surface area (Å²) < 4.78 is 10.3. The molecule has 0 spiro atoms. The van der Waals surface area contributed by atoms with Crippen LogP contribution in [0.3, 0.4) is 0 Å². The van der Waals surface area contributed by atoms with Crippen molar-refractivity contribution in [3.05, 3.63) is 65.1 Å². The highest BCUT2D eigenvalue weighted by atomic mass is 32.1. The lowest BCUT2D eigenvalue weighted by atomic mass is 9.39. The molecular formula is C47H60N8O3S. The molecule has 5 heterocycles. The van der Waals surface area contributed by atoms with E-state index in [0.29, 0.717) is 29.6 Å². The lowest BCUT2D eigenvalue weighted by Crippen LogP contribution is -2.64. The molecule has 2 unspecified atom stereocenters. The van der Waals surface area contributed by atoms with E-state index >= 15 is 0 Å². The van der Waals surface area contributed by atoms with Crippen LogP contribution in [-0.2, 0) is 17.7 Å². The average Bonchev–Trinajstić information content (AvgIpc) is 3.76. The van der Waals surface area contributed by atoms with Crippen molar-refractivity contribution in [2.75, 3.05) is 23.4 Å². The number of hydrogen-bond donors (Lipinski definition) is 2. The number of aromatic nitrogens is 6. The Labute approximate surface area is 352 Å². The van der Waals surface area contributed by atoms with E-state index in [1.54, 1.807) is 11.3 Å². The van der Waals surface area contributed by atoms with Crippen LogP contribution in [0.5, 0.6) is 0 Å². The number of nitrogens with one attached hydrogen (secondary N) is 1. The summed E-state index contributed by atoms with van der Waals surface area (Å²) in [4.78, 5) is 24.5. The minimum absolute atomic E-state index is 0.0161. The van der Waals surface area contributed by atoms with E-state index in [-0.39, 0.29) is 27.5 Å². The molecule has 5 aliphatic rings. The van der Waals surface area contributed by atoms with Crippen molar-refractivity contribution in [3.8, 4) is 11.1 Å². The van der Waals surface area contributed by atoms with Crippen LogP contribution in [0.4, 0.5) is 22.6 Å². The summed E-state index contributed by atoms with van der Waals surface area (Å²) in [7, 11) is 0. The van der Waals surface area contributed by atoms with Crippen LogP contribution in [0.2, 0.25) is 0 Å². The fourth-order valence-corrected chi connectivity index (χ4v) is 13.4. The number of ether oxygens (including phenoxy) is 1. The van der Waals surface area contributed by atoms with Gasteiger partial charge in [0.2, 0.25) is 0 Å². The molecule has 0 radical (unpaired) electrons. The van der Waals surface area contributed by atoms with Crippen LogP contribution in [0.15, 0.2) is 42.6 Å². The Bertz CT molecular complexity index is 2340. The number of anilines is 4. The third-order valence-electron chi connectivity index (χ3n) is 14.2. The van der Waals surface area contributed by atoms with E-state index in [0.717, 1.165) is 95.3 Å². The second-order valence-electron chi connectivity index (χ2n) is 19.6. The molecule has 4 aromatic heterocycles. The number of aromatic carboxylic acids is 1. The molecule has 59 heavy (non-hydrogen) atoms. The maximum atomic E-state index is 13.0. The number of carboxylic acids is 1. The Morgan fingerprint density at radius 3 is 2.53 bits per heavy atom. The molecule has 1 aliphatic heterocycles. The van der Waals surface area contributed by atoms with Crippen molar-refractivity contribution in [1.82, 2.24) is 29.9 Å². The van der Waals surface area contributed by atoms with E-state index in [9.17, 15) is 9.90 Å². The van der Waals surface area contributed by atoms with E-state index in [1.807, 2.05) is 41.4 Å². The number of carbonyl (C=O) groups is 1. The normalized spacial score (nSPS) is 26.4. The SMILES string of the molecule is CC[C@H](C)CCCCCOC12CC3(C)CC(C)(CC(Cn4ncc(-c5ccc(N6CCCc7c6nnc(Nc6nc8ccccc8s6)c7C)nc5C(=O)O)c4C)(C3)C1)C2. The predicted molar refractivity (Wildman–Crippen MR) is 235 cm³/mol. The molecule has 3 atom stereocenters. The number of hydrogen-bond acceptors (Lipinski definition) is 10. The number of fused-ring (bicyclic) bond motifs is 2. The minimum atomic E-state index is -1.07. The zero-order chi connectivity index (χ0) is 41.2. The van der Waals surface area contributed by atoms with Crippen LogP contribution in [-0.4, -0.2) is 59.8 Å². The number of thiazole rings is 1. The van der Waals surface area contributed by atoms with Gasteiger partial charge in [0.15, 0.2) is 22.5 Å². The molecule has 10 rings (SSSR count).